The van der Waals surface area contributed by atoms with E-state index < -0.39 is 24.4 Å². The fraction of sp³-hybridized carbons (Fsp3) is 0.264. The van der Waals surface area contributed by atoms with Crippen molar-refractivity contribution in [3.63, 3.8) is 0 Å². The van der Waals surface area contributed by atoms with Crippen molar-refractivity contribution in [3.8, 4) is 34.1 Å². The quantitative estimate of drug-likeness (QED) is 0.0905. The van der Waals surface area contributed by atoms with Gasteiger partial charge in [-0.05, 0) is 90.1 Å². The van der Waals surface area contributed by atoms with Gasteiger partial charge in [0, 0.05) is 46.6 Å². The SMILES string of the molecule is C=C(NCc1ccc2c(c1)OCO2)c1cc2c(c(-c3cccc(-c4cc5ccccc5o4)c3)n1)[C@@H](CCO[Si](c1ccccc1)(c1ccccc1)C(C)(C)C)N([S+]([O-])C(C)(C)C)C2. The van der Waals surface area contributed by atoms with Crippen LogP contribution < -0.4 is 25.2 Å². The Labute approximate surface area is 375 Å². The van der Waals surface area contributed by atoms with Crippen LogP contribution in [0.25, 0.3) is 39.2 Å². The number of rotatable bonds is 13. The molecule has 8 nitrogen and oxygen atoms in total. The number of fused-ring (bicyclic) bond motifs is 3. The minimum Gasteiger partial charge on any atom is -0.597 e. The van der Waals surface area contributed by atoms with E-state index in [1.165, 1.54) is 10.4 Å². The second kappa shape index (κ2) is 17.2. The van der Waals surface area contributed by atoms with E-state index >= 15 is 0 Å². The lowest BCUT2D eigenvalue weighted by molar-refractivity contribution is 0.174. The molecule has 63 heavy (non-hydrogen) atoms. The second-order valence-corrected chi connectivity index (χ2v) is 24.9. The number of aromatic nitrogens is 1. The van der Waals surface area contributed by atoms with Crippen molar-refractivity contribution in [1.82, 2.24) is 14.6 Å². The monoisotopic (exact) mass is 873 g/mol. The number of benzene rings is 5. The highest BCUT2D eigenvalue weighted by molar-refractivity contribution is 7.90. The van der Waals surface area contributed by atoms with E-state index in [1.54, 1.807) is 0 Å². The normalized spacial score (nSPS) is 15.7. The van der Waals surface area contributed by atoms with Crippen molar-refractivity contribution in [2.24, 2.45) is 0 Å². The lowest BCUT2D eigenvalue weighted by Gasteiger charge is -2.43. The molecule has 1 N–H and O–H groups in total. The van der Waals surface area contributed by atoms with Gasteiger partial charge in [-0.2, -0.15) is 0 Å². The van der Waals surface area contributed by atoms with Gasteiger partial charge in [0.2, 0.25) is 6.79 Å². The molecular weight excluding hydrogens is 819 g/mol. The van der Waals surface area contributed by atoms with Crippen LogP contribution >= 0.6 is 0 Å². The highest BCUT2D eigenvalue weighted by Crippen LogP contribution is 2.47. The third kappa shape index (κ3) is 8.34. The second-order valence-electron chi connectivity index (χ2n) is 18.4. The molecule has 0 bridgehead atoms. The van der Waals surface area contributed by atoms with E-state index in [0.29, 0.717) is 31.8 Å². The van der Waals surface area contributed by atoms with E-state index in [-0.39, 0.29) is 17.9 Å². The number of para-hydroxylation sites is 1. The van der Waals surface area contributed by atoms with Crippen LogP contribution in [0.5, 0.6) is 11.5 Å². The largest absolute Gasteiger partial charge is 0.597 e. The fourth-order valence-electron chi connectivity index (χ4n) is 9.10. The van der Waals surface area contributed by atoms with Gasteiger partial charge in [-0.3, -0.25) is 0 Å². The molecule has 2 aliphatic rings. The van der Waals surface area contributed by atoms with Crippen molar-refractivity contribution >= 4 is 46.7 Å². The number of nitrogens with zero attached hydrogens (tertiary/aromatic N) is 2. The minimum atomic E-state index is -2.86. The molecule has 0 spiro atoms. The van der Waals surface area contributed by atoms with Gasteiger partial charge in [0.15, 0.2) is 11.5 Å². The summed E-state index contributed by atoms with van der Waals surface area (Å²) in [6.45, 7) is 19.2. The van der Waals surface area contributed by atoms with Gasteiger partial charge in [-0.15, -0.1) is 4.31 Å². The topological polar surface area (TPSA) is 92.0 Å². The molecule has 322 valence electrons. The van der Waals surface area contributed by atoms with Crippen molar-refractivity contribution in [2.45, 2.75) is 76.9 Å². The van der Waals surface area contributed by atoms with Crippen molar-refractivity contribution in [3.05, 3.63) is 168 Å². The summed E-state index contributed by atoms with van der Waals surface area (Å²) in [5.41, 5.74) is 8.14. The molecule has 2 aromatic heterocycles. The summed E-state index contributed by atoms with van der Waals surface area (Å²) in [6, 6.07) is 47.9. The average molecular weight is 874 g/mol. The summed E-state index contributed by atoms with van der Waals surface area (Å²) < 4.78 is 41.5. The summed E-state index contributed by atoms with van der Waals surface area (Å²) in [4.78, 5) is 5.46. The summed E-state index contributed by atoms with van der Waals surface area (Å²) in [5.74, 6) is 2.27. The smallest absolute Gasteiger partial charge is 0.261 e. The third-order valence-corrected chi connectivity index (χ3v) is 19.0. The molecule has 10 heteroatoms. The van der Waals surface area contributed by atoms with Crippen molar-refractivity contribution in [2.75, 3.05) is 13.4 Å². The summed E-state index contributed by atoms with van der Waals surface area (Å²) in [7, 11) is -2.86. The summed E-state index contributed by atoms with van der Waals surface area (Å²) in [5, 5.41) is 6.85. The zero-order valence-corrected chi connectivity index (χ0v) is 38.8. The molecule has 4 heterocycles. The Hall–Kier alpha value is -5.62. The number of hydrogen-bond donors (Lipinski definition) is 1. The van der Waals surface area contributed by atoms with Gasteiger partial charge >= 0.3 is 0 Å². The Bertz CT molecular complexity index is 2690. The van der Waals surface area contributed by atoms with Crippen molar-refractivity contribution < 1.29 is 22.9 Å². The van der Waals surface area contributed by atoms with Gasteiger partial charge in [-0.1, -0.05) is 130 Å². The number of nitrogens with one attached hydrogen (secondary N) is 1. The van der Waals surface area contributed by atoms with Crippen molar-refractivity contribution in [1.29, 1.82) is 0 Å². The first-order valence-electron chi connectivity index (χ1n) is 21.7. The van der Waals surface area contributed by atoms with Crippen LogP contribution in [0, 0.1) is 0 Å². The average Bonchev–Trinajstić information content (AvgIpc) is 4.03. The van der Waals surface area contributed by atoms with Gasteiger partial charge in [0.25, 0.3) is 8.32 Å². The molecule has 1 unspecified atom stereocenters. The first kappa shape index (κ1) is 42.7. The minimum absolute atomic E-state index is 0.191. The van der Waals surface area contributed by atoms with Gasteiger partial charge in [-0.25, -0.2) is 4.98 Å². The fourth-order valence-corrected chi connectivity index (χ4v) is 15.1. The number of ether oxygens (including phenoxy) is 2. The summed E-state index contributed by atoms with van der Waals surface area (Å²) in [6.07, 6.45) is 0.611. The van der Waals surface area contributed by atoms with Crippen LogP contribution in [0.1, 0.15) is 76.4 Å². The molecule has 9 rings (SSSR count). The molecule has 5 aromatic carbocycles. The van der Waals surface area contributed by atoms with Crippen LogP contribution in [-0.4, -0.2) is 40.3 Å². The zero-order chi connectivity index (χ0) is 43.9. The molecule has 0 radical (unpaired) electrons. The summed E-state index contributed by atoms with van der Waals surface area (Å²) >= 11 is -1.35. The van der Waals surface area contributed by atoms with Gasteiger partial charge in [0.05, 0.1) is 29.7 Å². The van der Waals surface area contributed by atoms with E-state index in [9.17, 15) is 4.55 Å². The Balaban J connectivity index is 1.13. The standard InChI is InChI=1S/C53H55N3O5SSi/c1-36(54-33-37-25-26-47-49(29-37)59-35-58-47)44-31-41-34-56(62(57)52(2,3)4)45(27-28-60-63(53(5,6)7,42-20-10-8-11-21-42)43-22-12-9-13-23-43)50(41)51(55-44)40-19-16-18-38(30-40)48-32-39-17-14-15-24-46(39)61-48/h8-26,29-32,45,54H,1,27-28,33-35H2,2-7H3/t45-,62?/m1/s1. The predicted octanol–water partition coefficient (Wildman–Crippen LogP) is 10.9. The molecule has 0 fully saturated rings. The van der Waals surface area contributed by atoms with Gasteiger partial charge < -0.3 is 28.2 Å². The Kier molecular flexibility index (Phi) is 11.6. The lowest BCUT2D eigenvalue weighted by Crippen LogP contribution is -2.66. The van der Waals surface area contributed by atoms with Crippen LogP contribution in [0.3, 0.4) is 0 Å². The molecule has 0 saturated carbocycles. The first-order valence-corrected chi connectivity index (χ1v) is 24.7. The van der Waals surface area contributed by atoms with E-state index in [2.05, 4.69) is 140 Å². The van der Waals surface area contributed by atoms with Crippen LogP contribution in [-0.2, 0) is 28.9 Å². The number of pyridine rings is 1. The third-order valence-electron chi connectivity index (χ3n) is 12.1. The maximum atomic E-state index is 14.8. The maximum Gasteiger partial charge on any atom is 0.261 e. The predicted molar refractivity (Wildman–Crippen MR) is 258 cm³/mol. The first-order chi connectivity index (χ1) is 30.3. The Morgan fingerprint density at radius 2 is 1.49 bits per heavy atom. The molecular formula is C53H55N3O5SSi. The van der Waals surface area contributed by atoms with Crippen LogP contribution in [0.15, 0.2) is 151 Å². The molecule has 0 saturated heterocycles. The zero-order valence-electron chi connectivity index (χ0n) is 36.9. The van der Waals surface area contributed by atoms with E-state index in [4.69, 9.17) is 23.3 Å². The lowest BCUT2D eigenvalue weighted by atomic mass is 9.94. The highest BCUT2D eigenvalue weighted by Gasteiger charge is 2.51. The van der Waals surface area contributed by atoms with Crippen LogP contribution in [0.4, 0.5) is 0 Å². The molecule has 2 aliphatic heterocycles. The molecule has 0 aliphatic carbocycles. The Morgan fingerprint density at radius 3 is 2.19 bits per heavy atom. The number of hydrogen-bond acceptors (Lipinski definition) is 8. The van der Waals surface area contributed by atoms with Crippen LogP contribution in [0.2, 0.25) is 5.04 Å². The molecule has 0 amide bonds. The highest BCUT2D eigenvalue weighted by atomic mass is 32.2. The van der Waals surface area contributed by atoms with E-state index in [1.807, 2.05) is 57.2 Å². The maximum absolute atomic E-state index is 14.8. The van der Waals surface area contributed by atoms with Gasteiger partial charge in [0.1, 0.15) is 16.1 Å². The number of furan rings is 1. The molecule has 2 atom stereocenters. The van der Waals surface area contributed by atoms with E-state index in [0.717, 1.165) is 67.4 Å². The Morgan fingerprint density at radius 1 is 0.810 bits per heavy atom. The molecule has 7 aromatic rings.